The van der Waals surface area contributed by atoms with E-state index in [2.05, 4.69) is 24.1 Å². The lowest BCUT2D eigenvalue weighted by atomic mass is 9.68. The Bertz CT molecular complexity index is 553. The Balaban J connectivity index is 1.78. The minimum absolute atomic E-state index is 0.113. The fraction of sp³-hybridized carbons (Fsp3) is 0.562. The van der Waals surface area contributed by atoms with Crippen molar-refractivity contribution < 1.29 is 9.59 Å². The maximum absolute atomic E-state index is 12.7. The molecule has 0 spiro atoms. The molecular formula is C16H20N2O2. The first-order valence-corrected chi connectivity index (χ1v) is 7.20. The Morgan fingerprint density at radius 1 is 1.45 bits per heavy atom. The van der Waals surface area contributed by atoms with E-state index in [0.717, 1.165) is 12.1 Å². The number of amides is 1. The van der Waals surface area contributed by atoms with Crippen molar-refractivity contribution in [3.05, 3.63) is 30.1 Å². The van der Waals surface area contributed by atoms with E-state index in [1.807, 2.05) is 18.2 Å². The maximum Gasteiger partial charge on any atom is 0.234 e. The zero-order valence-corrected chi connectivity index (χ0v) is 12.0. The number of hydrogen-bond acceptors (Lipinski definition) is 3. The third-order valence-electron chi connectivity index (χ3n) is 5.44. The minimum atomic E-state index is -0.813. The molecule has 1 heterocycles. The Kier molecular flexibility index (Phi) is 2.92. The summed E-state index contributed by atoms with van der Waals surface area (Å²) in [6, 6.07) is 5.61. The van der Waals surface area contributed by atoms with E-state index in [4.69, 9.17) is 0 Å². The first-order valence-electron chi connectivity index (χ1n) is 7.20. The van der Waals surface area contributed by atoms with E-state index in [-0.39, 0.29) is 17.1 Å². The van der Waals surface area contributed by atoms with Crippen molar-refractivity contribution in [2.24, 2.45) is 16.7 Å². The molecule has 2 aliphatic carbocycles. The first kappa shape index (κ1) is 13.3. The van der Waals surface area contributed by atoms with Gasteiger partial charge in [0, 0.05) is 12.6 Å². The van der Waals surface area contributed by atoms with Gasteiger partial charge in [-0.15, -0.1) is 0 Å². The largest absolute Gasteiger partial charge is 0.350 e. The summed E-state index contributed by atoms with van der Waals surface area (Å²) < 4.78 is 0. The van der Waals surface area contributed by atoms with E-state index in [1.165, 1.54) is 0 Å². The van der Waals surface area contributed by atoms with Crippen molar-refractivity contribution >= 4 is 11.7 Å². The van der Waals surface area contributed by atoms with Gasteiger partial charge in [-0.25, -0.2) is 0 Å². The molecule has 2 atom stereocenters. The number of carbonyl (C=O) groups is 2. The summed E-state index contributed by atoms with van der Waals surface area (Å²) in [5, 5.41) is 2.92. The summed E-state index contributed by atoms with van der Waals surface area (Å²) in [7, 11) is 0. The summed E-state index contributed by atoms with van der Waals surface area (Å²) in [6.45, 7) is 4.52. The third-order valence-corrected chi connectivity index (χ3v) is 5.44. The van der Waals surface area contributed by atoms with Crippen LogP contribution in [0.25, 0.3) is 0 Å². The van der Waals surface area contributed by atoms with Crippen LogP contribution in [0.5, 0.6) is 0 Å². The molecule has 1 aromatic rings. The second-order valence-electron chi connectivity index (χ2n) is 6.49. The van der Waals surface area contributed by atoms with Crippen LogP contribution in [0.1, 0.15) is 38.8 Å². The molecule has 4 heteroatoms. The van der Waals surface area contributed by atoms with Crippen LogP contribution in [-0.2, 0) is 16.1 Å². The molecule has 0 radical (unpaired) electrons. The zero-order chi connectivity index (χ0) is 14.4. The van der Waals surface area contributed by atoms with E-state index >= 15 is 0 Å². The summed E-state index contributed by atoms with van der Waals surface area (Å²) >= 11 is 0. The van der Waals surface area contributed by atoms with Gasteiger partial charge in [-0.05, 0) is 36.3 Å². The van der Waals surface area contributed by atoms with Crippen LogP contribution in [-0.4, -0.2) is 16.7 Å². The molecule has 1 aromatic heterocycles. The average molecular weight is 272 g/mol. The van der Waals surface area contributed by atoms with E-state index in [1.54, 1.807) is 6.20 Å². The van der Waals surface area contributed by atoms with Gasteiger partial charge >= 0.3 is 0 Å². The highest BCUT2D eigenvalue weighted by atomic mass is 16.2. The second kappa shape index (κ2) is 4.40. The smallest absolute Gasteiger partial charge is 0.234 e. The highest BCUT2D eigenvalue weighted by Crippen LogP contribution is 2.63. The van der Waals surface area contributed by atoms with E-state index < -0.39 is 5.41 Å². The van der Waals surface area contributed by atoms with E-state index in [9.17, 15) is 9.59 Å². The first-order chi connectivity index (χ1) is 9.48. The Labute approximate surface area is 119 Å². The summed E-state index contributed by atoms with van der Waals surface area (Å²) in [4.78, 5) is 29.2. The molecule has 2 fully saturated rings. The molecule has 2 aliphatic rings. The molecule has 4 nitrogen and oxygen atoms in total. The summed E-state index contributed by atoms with van der Waals surface area (Å²) in [5.41, 5.74) is -0.222. The van der Waals surface area contributed by atoms with Crippen LogP contribution in [0, 0.1) is 16.7 Å². The van der Waals surface area contributed by atoms with Gasteiger partial charge in [0.25, 0.3) is 0 Å². The van der Waals surface area contributed by atoms with Gasteiger partial charge in [-0.3, -0.25) is 14.6 Å². The van der Waals surface area contributed by atoms with Gasteiger partial charge in [-0.1, -0.05) is 19.9 Å². The summed E-state index contributed by atoms with van der Waals surface area (Å²) in [6.07, 6.45) is 3.94. The highest BCUT2D eigenvalue weighted by Gasteiger charge is 2.67. The minimum Gasteiger partial charge on any atom is -0.350 e. The number of nitrogens with zero attached hydrogens (tertiary/aromatic N) is 1. The van der Waals surface area contributed by atoms with Crippen molar-refractivity contribution in [2.75, 3.05) is 0 Å². The SMILES string of the molecule is CC1(C)C2CCC1(C(=O)NCc1ccccn1)C(=O)C2. The van der Waals surface area contributed by atoms with Crippen LogP contribution < -0.4 is 5.32 Å². The van der Waals surface area contributed by atoms with Crippen molar-refractivity contribution in [3.8, 4) is 0 Å². The monoisotopic (exact) mass is 272 g/mol. The Morgan fingerprint density at radius 3 is 2.80 bits per heavy atom. The molecular weight excluding hydrogens is 252 g/mol. The van der Waals surface area contributed by atoms with Gasteiger partial charge < -0.3 is 5.32 Å². The predicted octanol–water partition coefficient (Wildman–Crippen LogP) is 2.09. The fourth-order valence-electron chi connectivity index (χ4n) is 4.03. The zero-order valence-electron chi connectivity index (χ0n) is 12.0. The Hall–Kier alpha value is -1.71. The third kappa shape index (κ3) is 1.63. The molecule has 1 amide bonds. The number of hydrogen-bond donors (Lipinski definition) is 1. The molecule has 0 saturated heterocycles. The molecule has 1 N–H and O–H groups in total. The number of nitrogens with one attached hydrogen (secondary N) is 1. The lowest BCUT2D eigenvalue weighted by Crippen LogP contribution is -2.49. The van der Waals surface area contributed by atoms with Crippen molar-refractivity contribution in [2.45, 2.75) is 39.7 Å². The number of fused-ring (bicyclic) bond motifs is 2. The average Bonchev–Trinajstić information content (AvgIpc) is 2.81. The topological polar surface area (TPSA) is 59.1 Å². The molecule has 20 heavy (non-hydrogen) atoms. The van der Waals surface area contributed by atoms with Crippen LogP contribution >= 0.6 is 0 Å². The molecule has 106 valence electrons. The number of Topliss-reactive ketones (excluding diaryl/α,β-unsaturated/α-hetero) is 1. The normalized spacial score (nSPS) is 30.5. The van der Waals surface area contributed by atoms with Crippen molar-refractivity contribution in [1.82, 2.24) is 10.3 Å². The molecule has 2 unspecified atom stereocenters. The lowest BCUT2D eigenvalue weighted by Gasteiger charge is -2.34. The highest BCUT2D eigenvalue weighted by molar-refractivity contribution is 6.09. The van der Waals surface area contributed by atoms with Crippen LogP contribution in [0.4, 0.5) is 0 Å². The fourth-order valence-corrected chi connectivity index (χ4v) is 4.03. The maximum atomic E-state index is 12.7. The molecule has 2 bridgehead atoms. The van der Waals surface area contributed by atoms with Gasteiger partial charge in [0.05, 0.1) is 12.2 Å². The van der Waals surface area contributed by atoms with Crippen LogP contribution in [0.15, 0.2) is 24.4 Å². The van der Waals surface area contributed by atoms with Crippen molar-refractivity contribution in [1.29, 1.82) is 0 Å². The van der Waals surface area contributed by atoms with Crippen molar-refractivity contribution in [3.63, 3.8) is 0 Å². The van der Waals surface area contributed by atoms with Gasteiger partial charge in [0.15, 0.2) is 0 Å². The number of ketones is 1. The second-order valence-corrected chi connectivity index (χ2v) is 6.49. The number of aromatic nitrogens is 1. The van der Waals surface area contributed by atoms with E-state index in [0.29, 0.717) is 25.3 Å². The molecule has 2 saturated carbocycles. The quantitative estimate of drug-likeness (QED) is 0.857. The number of carbonyl (C=O) groups excluding carboxylic acids is 2. The molecule has 3 rings (SSSR count). The summed E-state index contributed by atoms with van der Waals surface area (Å²) in [5.74, 6) is 0.367. The Morgan fingerprint density at radius 2 is 2.25 bits per heavy atom. The number of pyridine rings is 1. The predicted molar refractivity (Wildman–Crippen MR) is 74.6 cm³/mol. The van der Waals surface area contributed by atoms with Crippen LogP contribution in [0.2, 0.25) is 0 Å². The van der Waals surface area contributed by atoms with Gasteiger partial charge in [0.2, 0.25) is 5.91 Å². The molecule has 0 aromatic carbocycles. The lowest BCUT2D eigenvalue weighted by molar-refractivity contribution is -0.145. The molecule has 0 aliphatic heterocycles. The van der Waals surface area contributed by atoms with Crippen LogP contribution in [0.3, 0.4) is 0 Å². The standard InChI is InChI=1S/C16H20N2O2/c1-15(2)11-6-7-16(15,13(19)9-11)14(20)18-10-12-5-3-4-8-17-12/h3-5,8,11H,6-7,9-10H2,1-2H3,(H,18,20). The van der Waals surface area contributed by atoms with Gasteiger partial charge in [-0.2, -0.15) is 0 Å². The number of rotatable bonds is 3. The van der Waals surface area contributed by atoms with Gasteiger partial charge in [0.1, 0.15) is 11.2 Å².